The predicted octanol–water partition coefficient (Wildman–Crippen LogP) is 2.94. The molecule has 3 N–H and O–H groups in total. The van der Waals surface area contributed by atoms with E-state index in [0.717, 1.165) is 5.56 Å². The van der Waals surface area contributed by atoms with Crippen LogP contribution in [0, 0.1) is 0 Å². The summed E-state index contributed by atoms with van der Waals surface area (Å²) >= 11 is 0. The Morgan fingerprint density at radius 3 is 2.92 bits per heavy atom. The zero-order valence-corrected chi connectivity index (χ0v) is 14.1. The Bertz CT molecular complexity index is 934. The second kappa shape index (κ2) is 7.98. The molecular weight excluding hydrogens is 332 g/mol. The van der Waals surface area contributed by atoms with Gasteiger partial charge in [0.25, 0.3) is 5.91 Å². The number of carbonyl (C=O) groups is 1. The highest BCUT2D eigenvalue weighted by molar-refractivity contribution is 5.94. The van der Waals surface area contributed by atoms with Crippen molar-refractivity contribution in [3.05, 3.63) is 65.9 Å². The summed E-state index contributed by atoms with van der Waals surface area (Å²) in [4.78, 5) is 12.2. The number of aromatic hydroxyl groups is 1. The lowest BCUT2D eigenvalue weighted by Crippen LogP contribution is -2.17. The number of hydrogen-bond acceptors (Lipinski definition) is 5. The number of benzene rings is 2. The SMILES string of the molecule is CCOc1ccccc1-c1cc(C(=O)N/N=C\c2cccc(O)c2)[nH]n1. The molecule has 7 heteroatoms. The van der Waals surface area contributed by atoms with Crippen molar-refractivity contribution < 1.29 is 14.6 Å². The van der Waals surface area contributed by atoms with Crippen LogP contribution < -0.4 is 10.2 Å². The minimum Gasteiger partial charge on any atom is -0.508 e. The predicted molar refractivity (Wildman–Crippen MR) is 98.4 cm³/mol. The Hall–Kier alpha value is -3.61. The molecule has 0 fully saturated rings. The van der Waals surface area contributed by atoms with Gasteiger partial charge in [0.05, 0.1) is 18.5 Å². The number of ether oxygens (including phenoxy) is 1. The Kier molecular flexibility index (Phi) is 5.28. The van der Waals surface area contributed by atoms with Gasteiger partial charge in [0.1, 0.15) is 17.2 Å². The van der Waals surface area contributed by atoms with Crippen molar-refractivity contribution in [3.8, 4) is 22.8 Å². The number of hydrogen-bond donors (Lipinski definition) is 3. The molecule has 0 aliphatic rings. The smallest absolute Gasteiger partial charge is 0.289 e. The summed E-state index contributed by atoms with van der Waals surface area (Å²) in [5, 5.41) is 20.2. The molecule has 132 valence electrons. The van der Waals surface area contributed by atoms with E-state index in [9.17, 15) is 9.90 Å². The number of amides is 1. The van der Waals surface area contributed by atoms with E-state index < -0.39 is 5.91 Å². The Labute approximate surface area is 150 Å². The molecule has 0 saturated carbocycles. The average molecular weight is 350 g/mol. The summed E-state index contributed by atoms with van der Waals surface area (Å²) in [6.07, 6.45) is 1.44. The number of para-hydroxylation sites is 1. The van der Waals surface area contributed by atoms with E-state index in [-0.39, 0.29) is 11.4 Å². The molecule has 1 heterocycles. The van der Waals surface area contributed by atoms with E-state index >= 15 is 0 Å². The maximum absolute atomic E-state index is 12.2. The molecule has 0 aliphatic carbocycles. The second-order valence-corrected chi connectivity index (χ2v) is 5.39. The number of H-pyrrole nitrogens is 1. The van der Waals surface area contributed by atoms with E-state index in [1.54, 1.807) is 24.3 Å². The fourth-order valence-corrected chi connectivity index (χ4v) is 2.37. The summed E-state index contributed by atoms with van der Waals surface area (Å²) in [6.45, 7) is 2.45. The van der Waals surface area contributed by atoms with Crippen LogP contribution in [-0.2, 0) is 0 Å². The van der Waals surface area contributed by atoms with Crippen LogP contribution >= 0.6 is 0 Å². The highest BCUT2D eigenvalue weighted by Crippen LogP contribution is 2.28. The van der Waals surface area contributed by atoms with Gasteiger partial charge in [0, 0.05) is 5.56 Å². The Morgan fingerprint density at radius 2 is 2.12 bits per heavy atom. The van der Waals surface area contributed by atoms with Gasteiger partial charge < -0.3 is 9.84 Å². The second-order valence-electron chi connectivity index (χ2n) is 5.39. The molecule has 0 unspecified atom stereocenters. The maximum atomic E-state index is 12.2. The quantitative estimate of drug-likeness (QED) is 0.470. The number of phenolic OH excluding ortho intramolecular Hbond substituents is 1. The van der Waals surface area contributed by atoms with Crippen LogP contribution in [0.1, 0.15) is 23.0 Å². The van der Waals surface area contributed by atoms with Gasteiger partial charge in [-0.25, -0.2) is 5.43 Å². The molecular formula is C19H18N4O3. The Balaban J connectivity index is 1.70. The first-order valence-electron chi connectivity index (χ1n) is 8.07. The molecule has 1 amide bonds. The van der Waals surface area contributed by atoms with Gasteiger partial charge in [-0.1, -0.05) is 24.3 Å². The highest BCUT2D eigenvalue weighted by atomic mass is 16.5. The first kappa shape index (κ1) is 17.2. The molecule has 3 aromatic rings. The van der Waals surface area contributed by atoms with Crippen molar-refractivity contribution in [2.24, 2.45) is 5.10 Å². The van der Waals surface area contributed by atoms with Gasteiger partial charge in [-0.05, 0) is 42.8 Å². The topological polar surface area (TPSA) is 99.6 Å². The third kappa shape index (κ3) is 4.07. The first-order chi connectivity index (χ1) is 12.7. The fourth-order valence-electron chi connectivity index (χ4n) is 2.37. The lowest BCUT2D eigenvalue weighted by Gasteiger charge is -2.07. The highest BCUT2D eigenvalue weighted by Gasteiger charge is 2.13. The number of carbonyl (C=O) groups excluding carboxylic acids is 1. The fraction of sp³-hybridized carbons (Fsp3) is 0.105. The number of phenols is 1. The summed E-state index contributed by atoms with van der Waals surface area (Å²) in [5.41, 5.74) is 4.77. The van der Waals surface area contributed by atoms with Crippen molar-refractivity contribution in [2.75, 3.05) is 6.61 Å². The monoisotopic (exact) mass is 350 g/mol. The van der Waals surface area contributed by atoms with Gasteiger partial charge in [0.2, 0.25) is 0 Å². The number of nitrogens with one attached hydrogen (secondary N) is 2. The number of aromatic amines is 1. The van der Waals surface area contributed by atoms with Gasteiger partial charge >= 0.3 is 0 Å². The van der Waals surface area contributed by atoms with Crippen LogP contribution in [0.4, 0.5) is 0 Å². The third-order valence-corrected chi connectivity index (χ3v) is 3.54. The van der Waals surface area contributed by atoms with Crippen molar-refractivity contribution in [1.29, 1.82) is 0 Å². The molecule has 0 atom stereocenters. The molecule has 0 radical (unpaired) electrons. The van der Waals surface area contributed by atoms with E-state index in [2.05, 4.69) is 20.7 Å². The zero-order chi connectivity index (χ0) is 18.4. The van der Waals surface area contributed by atoms with Crippen molar-refractivity contribution in [3.63, 3.8) is 0 Å². The van der Waals surface area contributed by atoms with Crippen LogP contribution in [0.5, 0.6) is 11.5 Å². The molecule has 7 nitrogen and oxygen atoms in total. The molecule has 0 spiro atoms. The van der Waals surface area contributed by atoms with Crippen molar-refractivity contribution in [1.82, 2.24) is 15.6 Å². The molecule has 3 rings (SSSR count). The Morgan fingerprint density at radius 1 is 1.27 bits per heavy atom. The van der Waals surface area contributed by atoms with E-state index in [0.29, 0.717) is 23.6 Å². The minimum atomic E-state index is -0.422. The lowest BCUT2D eigenvalue weighted by molar-refractivity contribution is 0.0950. The largest absolute Gasteiger partial charge is 0.508 e. The molecule has 2 aromatic carbocycles. The van der Waals surface area contributed by atoms with E-state index in [1.807, 2.05) is 31.2 Å². The molecule has 0 bridgehead atoms. The van der Waals surface area contributed by atoms with Crippen LogP contribution in [0.25, 0.3) is 11.3 Å². The standard InChI is InChI=1S/C19H18N4O3/c1-2-26-18-9-4-3-8-15(18)16-11-17(22-21-16)19(25)23-20-12-13-6-5-7-14(24)10-13/h3-12,24H,2H2,1H3,(H,21,22)(H,23,25)/b20-12-. The summed E-state index contributed by atoms with van der Waals surface area (Å²) in [5.74, 6) is 0.413. The van der Waals surface area contributed by atoms with E-state index in [1.165, 1.54) is 12.3 Å². The van der Waals surface area contributed by atoms with Gasteiger partial charge in [0.15, 0.2) is 0 Å². The molecule has 1 aromatic heterocycles. The lowest BCUT2D eigenvalue weighted by atomic mass is 10.1. The van der Waals surface area contributed by atoms with Crippen molar-refractivity contribution in [2.45, 2.75) is 6.92 Å². The van der Waals surface area contributed by atoms with Gasteiger partial charge in [-0.2, -0.15) is 10.2 Å². The van der Waals surface area contributed by atoms with Gasteiger partial charge in [-0.3, -0.25) is 9.89 Å². The third-order valence-electron chi connectivity index (χ3n) is 3.54. The maximum Gasteiger partial charge on any atom is 0.289 e. The number of nitrogens with zero attached hydrogens (tertiary/aromatic N) is 2. The van der Waals surface area contributed by atoms with Crippen molar-refractivity contribution >= 4 is 12.1 Å². The normalized spacial score (nSPS) is 10.8. The molecule has 26 heavy (non-hydrogen) atoms. The molecule has 0 aliphatic heterocycles. The summed E-state index contributed by atoms with van der Waals surface area (Å²) in [6, 6.07) is 15.7. The van der Waals surface area contributed by atoms with Crippen LogP contribution in [-0.4, -0.2) is 34.0 Å². The minimum absolute atomic E-state index is 0.131. The summed E-state index contributed by atoms with van der Waals surface area (Å²) < 4.78 is 5.59. The molecule has 0 saturated heterocycles. The van der Waals surface area contributed by atoms with Gasteiger partial charge in [-0.15, -0.1) is 0 Å². The number of rotatable bonds is 6. The van der Waals surface area contributed by atoms with Crippen LogP contribution in [0.15, 0.2) is 59.7 Å². The van der Waals surface area contributed by atoms with Crippen LogP contribution in [0.2, 0.25) is 0 Å². The van der Waals surface area contributed by atoms with E-state index in [4.69, 9.17) is 4.74 Å². The number of aromatic nitrogens is 2. The first-order valence-corrected chi connectivity index (χ1v) is 8.07. The number of hydrazone groups is 1. The summed E-state index contributed by atoms with van der Waals surface area (Å²) in [7, 11) is 0. The zero-order valence-electron chi connectivity index (χ0n) is 14.1. The average Bonchev–Trinajstić information content (AvgIpc) is 3.12. The van der Waals surface area contributed by atoms with Crippen LogP contribution in [0.3, 0.4) is 0 Å².